The Morgan fingerprint density at radius 3 is 2.68 bits per heavy atom. The number of thiophene rings is 1. The van der Waals surface area contributed by atoms with Crippen molar-refractivity contribution in [3.8, 4) is 5.75 Å². The van der Waals surface area contributed by atoms with Crippen LogP contribution in [0.15, 0.2) is 28.1 Å². The van der Waals surface area contributed by atoms with E-state index in [0.717, 1.165) is 19.8 Å². The van der Waals surface area contributed by atoms with E-state index in [4.69, 9.17) is 4.74 Å². The predicted molar refractivity (Wildman–Crippen MR) is 78.4 cm³/mol. The Labute approximate surface area is 124 Å². The fourth-order valence-corrected chi connectivity index (χ4v) is 3.37. The summed E-state index contributed by atoms with van der Waals surface area (Å²) < 4.78 is 19.4. The van der Waals surface area contributed by atoms with E-state index in [1.54, 1.807) is 12.1 Å². The summed E-state index contributed by atoms with van der Waals surface area (Å²) in [6.07, 6.45) is -0.240. The molecule has 0 amide bonds. The van der Waals surface area contributed by atoms with Gasteiger partial charge in [0.15, 0.2) is 11.6 Å². The van der Waals surface area contributed by atoms with Crippen LogP contribution in [0, 0.1) is 12.7 Å². The molecule has 1 aromatic carbocycles. The van der Waals surface area contributed by atoms with Gasteiger partial charge in [-0.25, -0.2) is 4.39 Å². The van der Waals surface area contributed by atoms with Crippen LogP contribution in [0.1, 0.15) is 22.1 Å². The molecule has 0 bridgehead atoms. The van der Waals surface area contributed by atoms with Gasteiger partial charge in [-0.15, -0.1) is 11.3 Å². The van der Waals surface area contributed by atoms with Gasteiger partial charge in [0, 0.05) is 11.3 Å². The Balaban J connectivity index is 2.14. The predicted octanol–water partition coefficient (Wildman–Crippen LogP) is 4.24. The van der Waals surface area contributed by atoms with Gasteiger partial charge in [-0.05, 0) is 52.2 Å². The van der Waals surface area contributed by atoms with Crippen molar-refractivity contribution in [1.29, 1.82) is 0 Å². The Kier molecular flexibility index (Phi) is 4.60. The number of benzene rings is 1. The van der Waals surface area contributed by atoms with Crippen LogP contribution in [0.3, 0.4) is 0 Å². The van der Waals surface area contributed by atoms with E-state index >= 15 is 0 Å². The van der Waals surface area contributed by atoms with Gasteiger partial charge < -0.3 is 9.84 Å². The lowest BCUT2D eigenvalue weighted by molar-refractivity contribution is 0.182. The number of hydrogen-bond donors (Lipinski definition) is 1. The van der Waals surface area contributed by atoms with E-state index in [1.807, 2.05) is 13.0 Å². The summed E-state index contributed by atoms with van der Waals surface area (Å²) in [5, 5.41) is 10.2. The zero-order valence-corrected chi connectivity index (χ0v) is 13.0. The highest BCUT2D eigenvalue weighted by Gasteiger charge is 2.14. The normalized spacial score (nSPS) is 12.5. The molecule has 0 fully saturated rings. The average molecular weight is 345 g/mol. The smallest absolute Gasteiger partial charge is 0.165 e. The minimum absolute atomic E-state index is 0.216. The fraction of sp³-hybridized carbons (Fsp3) is 0.286. The van der Waals surface area contributed by atoms with Crippen molar-refractivity contribution in [2.45, 2.75) is 19.4 Å². The van der Waals surface area contributed by atoms with Crippen LogP contribution < -0.4 is 4.74 Å². The van der Waals surface area contributed by atoms with Crippen LogP contribution in [0.2, 0.25) is 0 Å². The van der Waals surface area contributed by atoms with E-state index in [-0.39, 0.29) is 5.75 Å². The molecule has 2 nitrogen and oxygen atoms in total. The minimum atomic E-state index is -0.622. The van der Waals surface area contributed by atoms with E-state index in [0.29, 0.717) is 6.42 Å². The third-order valence-electron chi connectivity index (χ3n) is 2.85. The highest BCUT2D eigenvalue weighted by atomic mass is 79.9. The second-order valence-electron chi connectivity index (χ2n) is 4.29. The standard InChI is InChI=1S/C14H14BrFO2S/c1-8-5-13(19-14(8)15)11(17)7-9-3-4-12(18-2)10(16)6-9/h3-6,11,17H,7H2,1-2H3. The lowest BCUT2D eigenvalue weighted by atomic mass is 10.1. The van der Waals surface area contributed by atoms with Crippen LogP contribution in [-0.4, -0.2) is 12.2 Å². The maximum absolute atomic E-state index is 13.6. The van der Waals surface area contributed by atoms with Crippen molar-refractivity contribution >= 4 is 27.3 Å². The van der Waals surface area contributed by atoms with Gasteiger partial charge in [-0.2, -0.15) is 0 Å². The van der Waals surface area contributed by atoms with E-state index < -0.39 is 11.9 Å². The lowest BCUT2D eigenvalue weighted by Gasteiger charge is -2.09. The maximum Gasteiger partial charge on any atom is 0.165 e. The largest absolute Gasteiger partial charge is 0.494 e. The molecule has 1 heterocycles. The van der Waals surface area contributed by atoms with Crippen molar-refractivity contribution in [1.82, 2.24) is 0 Å². The lowest BCUT2D eigenvalue weighted by Crippen LogP contribution is -2.00. The molecule has 1 N–H and O–H groups in total. The van der Waals surface area contributed by atoms with E-state index in [2.05, 4.69) is 15.9 Å². The van der Waals surface area contributed by atoms with Crippen LogP contribution in [0.25, 0.3) is 0 Å². The molecule has 1 aromatic heterocycles. The number of methoxy groups -OCH3 is 1. The molecule has 0 saturated heterocycles. The quantitative estimate of drug-likeness (QED) is 0.898. The monoisotopic (exact) mass is 344 g/mol. The SMILES string of the molecule is COc1ccc(CC(O)c2cc(C)c(Br)s2)cc1F. The minimum Gasteiger partial charge on any atom is -0.494 e. The molecule has 0 aliphatic rings. The number of aliphatic hydroxyl groups excluding tert-OH is 1. The van der Waals surface area contributed by atoms with E-state index in [9.17, 15) is 9.50 Å². The van der Waals surface area contributed by atoms with Crippen molar-refractivity contribution in [2.24, 2.45) is 0 Å². The Hall–Kier alpha value is -0.910. The molecular formula is C14H14BrFO2S. The molecule has 0 spiro atoms. The topological polar surface area (TPSA) is 29.5 Å². The molecule has 0 saturated carbocycles. The zero-order chi connectivity index (χ0) is 14.0. The first kappa shape index (κ1) is 14.5. The zero-order valence-electron chi connectivity index (χ0n) is 10.6. The summed E-state index contributed by atoms with van der Waals surface area (Å²) in [5.74, 6) is -0.191. The molecule has 2 aromatic rings. The first-order chi connectivity index (χ1) is 9.01. The molecule has 1 unspecified atom stereocenters. The third kappa shape index (κ3) is 3.35. The van der Waals surface area contributed by atoms with Crippen molar-refractivity contribution in [3.05, 3.63) is 49.9 Å². The Bertz CT molecular complexity index is 563. The molecule has 0 aliphatic heterocycles. The van der Waals surface area contributed by atoms with Crippen LogP contribution >= 0.6 is 27.3 Å². The van der Waals surface area contributed by atoms with Crippen LogP contribution in [0.5, 0.6) is 5.75 Å². The molecule has 19 heavy (non-hydrogen) atoms. The highest BCUT2D eigenvalue weighted by Crippen LogP contribution is 2.33. The summed E-state index contributed by atoms with van der Waals surface area (Å²) >= 11 is 4.93. The number of hydrogen-bond acceptors (Lipinski definition) is 3. The number of aliphatic hydroxyl groups is 1. The van der Waals surface area contributed by atoms with Gasteiger partial charge in [0.2, 0.25) is 0 Å². The summed E-state index contributed by atoms with van der Waals surface area (Å²) in [6, 6.07) is 6.68. The molecule has 102 valence electrons. The molecular weight excluding hydrogens is 331 g/mol. The molecule has 0 radical (unpaired) electrons. The highest BCUT2D eigenvalue weighted by molar-refractivity contribution is 9.11. The summed E-state index contributed by atoms with van der Waals surface area (Å²) in [4.78, 5) is 0.876. The molecule has 0 aliphatic carbocycles. The molecule has 2 rings (SSSR count). The van der Waals surface area contributed by atoms with Gasteiger partial charge in [0.05, 0.1) is 17.0 Å². The van der Waals surface area contributed by atoms with Gasteiger partial charge in [-0.3, -0.25) is 0 Å². The van der Waals surface area contributed by atoms with Gasteiger partial charge in [-0.1, -0.05) is 6.07 Å². The van der Waals surface area contributed by atoms with Crippen molar-refractivity contribution in [3.63, 3.8) is 0 Å². The average Bonchev–Trinajstić information content (AvgIpc) is 2.70. The Morgan fingerprint density at radius 1 is 1.42 bits per heavy atom. The fourth-order valence-electron chi connectivity index (χ4n) is 1.81. The third-order valence-corrected chi connectivity index (χ3v) is 5.09. The number of rotatable bonds is 4. The maximum atomic E-state index is 13.6. The van der Waals surface area contributed by atoms with Crippen LogP contribution in [0.4, 0.5) is 4.39 Å². The van der Waals surface area contributed by atoms with Crippen molar-refractivity contribution < 1.29 is 14.2 Å². The summed E-state index contributed by atoms with van der Waals surface area (Å²) in [6.45, 7) is 1.98. The second kappa shape index (κ2) is 6.03. The van der Waals surface area contributed by atoms with Gasteiger partial charge >= 0.3 is 0 Å². The summed E-state index contributed by atoms with van der Waals surface area (Å²) in [5.41, 5.74) is 1.84. The van der Waals surface area contributed by atoms with Gasteiger partial charge in [0.25, 0.3) is 0 Å². The van der Waals surface area contributed by atoms with Crippen LogP contribution in [-0.2, 0) is 6.42 Å². The number of ether oxygens (including phenoxy) is 1. The second-order valence-corrected chi connectivity index (χ2v) is 6.70. The molecule has 1 atom stereocenters. The van der Waals surface area contributed by atoms with Gasteiger partial charge in [0.1, 0.15) is 0 Å². The molecule has 5 heteroatoms. The Morgan fingerprint density at radius 2 is 2.16 bits per heavy atom. The first-order valence-electron chi connectivity index (χ1n) is 5.77. The summed E-state index contributed by atoms with van der Waals surface area (Å²) in [7, 11) is 1.43. The number of aryl methyl sites for hydroxylation is 1. The first-order valence-corrected chi connectivity index (χ1v) is 7.38. The van der Waals surface area contributed by atoms with Crippen molar-refractivity contribution in [2.75, 3.05) is 7.11 Å². The van der Waals surface area contributed by atoms with E-state index in [1.165, 1.54) is 24.5 Å². The number of halogens is 2.